The summed E-state index contributed by atoms with van der Waals surface area (Å²) in [5.74, 6) is 2.12. The zero-order valence-corrected chi connectivity index (χ0v) is 13.7. The van der Waals surface area contributed by atoms with Crippen LogP contribution in [-0.2, 0) is 17.8 Å². The van der Waals surface area contributed by atoms with E-state index in [9.17, 15) is 0 Å². The first-order valence-electron chi connectivity index (χ1n) is 8.10. The lowest BCUT2D eigenvalue weighted by Gasteiger charge is -2.31. The van der Waals surface area contributed by atoms with E-state index in [0.29, 0.717) is 12.2 Å². The van der Waals surface area contributed by atoms with Gasteiger partial charge in [-0.2, -0.15) is 0 Å². The van der Waals surface area contributed by atoms with E-state index in [1.165, 1.54) is 18.4 Å². The van der Waals surface area contributed by atoms with Gasteiger partial charge in [-0.05, 0) is 46.6 Å². The molecule has 2 saturated heterocycles. The third-order valence-corrected chi connectivity index (χ3v) is 4.38. The van der Waals surface area contributed by atoms with Gasteiger partial charge in [0.15, 0.2) is 0 Å². The van der Waals surface area contributed by atoms with Crippen LogP contribution in [0.3, 0.4) is 0 Å². The number of likely N-dealkylation sites (tertiary alicyclic amines) is 1. The lowest BCUT2D eigenvalue weighted by molar-refractivity contribution is -0.0427. The molecule has 0 saturated carbocycles. The summed E-state index contributed by atoms with van der Waals surface area (Å²) < 4.78 is 11.8. The van der Waals surface area contributed by atoms with Crippen molar-refractivity contribution in [1.29, 1.82) is 0 Å². The van der Waals surface area contributed by atoms with Crippen LogP contribution in [0.2, 0.25) is 0 Å². The number of ether oxygens (including phenoxy) is 1. The topological polar surface area (TPSA) is 37.6 Å². The Hall–Kier alpha value is -0.840. The summed E-state index contributed by atoms with van der Waals surface area (Å²) in [5, 5.41) is 3.53. The molecule has 2 aliphatic rings. The summed E-state index contributed by atoms with van der Waals surface area (Å²) in [6.07, 6.45) is 3.33. The molecule has 0 spiro atoms. The van der Waals surface area contributed by atoms with E-state index in [1.807, 2.05) is 0 Å². The number of fused-ring (bicyclic) bond motifs is 2. The van der Waals surface area contributed by atoms with Crippen LogP contribution in [0, 0.1) is 6.92 Å². The molecule has 2 bridgehead atoms. The zero-order valence-electron chi connectivity index (χ0n) is 13.7. The molecule has 1 N–H and O–H groups in total. The maximum absolute atomic E-state index is 5.95. The fraction of sp³-hybridized carbons (Fsp3) is 0.765. The van der Waals surface area contributed by atoms with Crippen molar-refractivity contribution in [1.82, 2.24) is 10.2 Å². The van der Waals surface area contributed by atoms with Crippen molar-refractivity contribution in [2.24, 2.45) is 0 Å². The fourth-order valence-electron chi connectivity index (χ4n) is 3.25. The van der Waals surface area contributed by atoms with Gasteiger partial charge in [-0.3, -0.25) is 4.90 Å². The van der Waals surface area contributed by atoms with Crippen molar-refractivity contribution in [2.45, 2.75) is 71.4 Å². The Morgan fingerprint density at radius 2 is 1.90 bits per heavy atom. The van der Waals surface area contributed by atoms with Crippen LogP contribution in [-0.4, -0.2) is 35.7 Å². The minimum absolute atomic E-state index is 0.132. The summed E-state index contributed by atoms with van der Waals surface area (Å²) in [6, 6.07) is 2.21. The van der Waals surface area contributed by atoms with Crippen LogP contribution >= 0.6 is 0 Å². The van der Waals surface area contributed by atoms with Gasteiger partial charge in [0.1, 0.15) is 11.5 Å². The van der Waals surface area contributed by atoms with Gasteiger partial charge >= 0.3 is 0 Å². The maximum atomic E-state index is 5.95. The van der Waals surface area contributed by atoms with Crippen LogP contribution in [0.25, 0.3) is 0 Å². The van der Waals surface area contributed by atoms with Crippen LogP contribution in [0.15, 0.2) is 10.5 Å². The SMILES string of the molecule is Cc1oc(CN2CC3CCC(C2)O3)cc1CNC(C)(C)C. The van der Waals surface area contributed by atoms with Gasteiger partial charge in [0.25, 0.3) is 0 Å². The first kappa shape index (κ1) is 15.1. The summed E-state index contributed by atoms with van der Waals surface area (Å²) in [7, 11) is 0. The highest BCUT2D eigenvalue weighted by Crippen LogP contribution is 2.27. The molecule has 1 aromatic heterocycles. The monoisotopic (exact) mass is 292 g/mol. The summed E-state index contributed by atoms with van der Waals surface area (Å²) >= 11 is 0. The molecule has 3 rings (SSSR count). The number of hydrogen-bond acceptors (Lipinski definition) is 4. The van der Waals surface area contributed by atoms with Gasteiger partial charge < -0.3 is 14.5 Å². The molecule has 2 unspecified atom stereocenters. The Kier molecular flexibility index (Phi) is 4.12. The lowest BCUT2D eigenvalue weighted by atomic mass is 10.1. The van der Waals surface area contributed by atoms with Crippen molar-refractivity contribution in [3.63, 3.8) is 0 Å². The largest absolute Gasteiger partial charge is 0.465 e. The standard InChI is InChI=1S/C17H28N2O2/c1-12-13(8-18-17(2,3)4)7-16(20-12)11-19-9-14-5-6-15(10-19)21-14/h7,14-15,18H,5-6,8-11H2,1-4H3. The number of nitrogens with one attached hydrogen (secondary N) is 1. The molecule has 4 heteroatoms. The van der Waals surface area contributed by atoms with Crippen molar-refractivity contribution >= 4 is 0 Å². The van der Waals surface area contributed by atoms with Gasteiger partial charge in [-0.25, -0.2) is 0 Å². The molecular weight excluding hydrogens is 264 g/mol. The number of rotatable bonds is 4. The molecule has 0 aliphatic carbocycles. The van der Waals surface area contributed by atoms with Crippen molar-refractivity contribution < 1.29 is 9.15 Å². The summed E-state index contributed by atoms with van der Waals surface area (Å²) in [4.78, 5) is 2.48. The average molecular weight is 292 g/mol. The molecule has 2 atom stereocenters. The smallest absolute Gasteiger partial charge is 0.118 e. The van der Waals surface area contributed by atoms with Crippen LogP contribution < -0.4 is 5.32 Å². The van der Waals surface area contributed by atoms with Crippen LogP contribution in [0.5, 0.6) is 0 Å². The highest BCUT2D eigenvalue weighted by molar-refractivity contribution is 5.21. The molecule has 1 aromatic rings. The van der Waals surface area contributed by atoms with E-state index < -0.39 is 0 Å². The number of furan rings is 1. The Balaban J connectivity index is 1.59. The molecule has 2 fully saturated rings. The van der Waals surface area contributed by atoms with Crippen molar-refractivity contribution in [2.75, 3.05) is 13.1 Å². The molecule has 4 nitrogen and oxygen atoms in total. The average Bonchev–Trinajstić information content (AvgIpc) is 2.89. The molecule has 118 valence electrons. The zero-order chi connectivity index (χ0) is 15.0. The molecular formula is C17H28N2O2. The normalized spacial score (nSPS) is 26.5. The van der Waals surface area contributed by atoms with E-state index >= 15 is 0 Å². The van der Waals surface area contributed by atoms with Crippen LogP contribution in [0.4, 0.5) is 0 Å². The highest BCUT2D eigenvalue weighted by Gasteiger charge is 2.33. The fourth-order valence-corrected chi connectivity index (χ4v) is 3.25. The Morgan fingerprint density at radius 1 is 1.24 bits per heavy atom. The first-order chi connectivity index (χ1) is 9.89. The van der Waals surface area contributed by atoms with E-state index in [4.69, 9.17) is 9.15 Å². The molecule has 0 aromatic carbocycles. The van der Waals surface area contributed by atoms with E-state index in [0.717, 1.165) is 37.7 Å². The maximum Gasteiger partial charge on any atom is 0.118 e. The second-order valence-corrected chi connectivity index (χ2v) is 7.55. The third kappa shape index (κ3) is 3.87. The van der Waals surface area contributed by atoms with Gasteiger partial charge in [-0.15, -0.1) is 0 Å². The van der Waals surface area contributed by atoms with E-state index in [1.54, 1.807) is 0 Å². The molecule has 2 aliphatic heterocycles. The molecule has 21 heavy (non-hydrogen) atoms. The first-order valence-corrected chi connectivity index (χ1v) is 8.10. The van der Waals surface area contributed by atoms with Gasteiger partial charge in [0, 0.05) is 30.7 Å². The Bertz CT molecular complexity index is 477. The number of morpholine rings is 1. The van der Waals surface area contributed by atoms with E-state index in [2.05, 4.69) is 44.0 Å². The highest BCUT2D eigenvalue weighted by atomic mass is 16.5. The van der Waals surface area contributed by atoms with Gasteiger partial charge in [0.2, 0.25) is 0 Å². The number of hydrogen-bond donors (Lipinski definition) is 1. The minimum Gasteiger partial charge on any atom is -0.465 e. The molecule has 0 radical (unpaired) electrons. The summed E-state index contributed by atoms with van der Waals surface area (Å²) in [6.45, 7) is 12.5. The van der Waals surface area contributed by atoms with Gasteiger partial charge in [0.05, 0.1) is 18.8 Å². The van der Waals surface area contributed by atoms with E-state index in [-0.39, 0.29) is 5.54 Å². The Morgan fingerprint density at radius 3 is 2.52 bits per heavy atom. The quantitative estimate of drug-likeness (QED) is 0.926. The lowest BCUT2D eigenvalue weighted by Crippen LogP contribution is -2.41. The molecule has 0 amide bonds. The number of nitrogens with zero attached hydrogens (tertiary/aromatic N) is 1. The van der Waals surface area contributed by atoms with Crippen molar-refractivity contribution in [3.8, 4) is 0 Å². The van der Waals surface area contributed by atoms with Crippen LogP contribution in [0.1, 0.15) is 50.7 Å². The predicted octanol–water partition coefficient (Wildman–Crippen LogP) is 2.84. The third-order valence-electron chi connectivity index (χ3n) is 4.38. The van der Waals surface area contributed by atoms with Gasteiger partial charge in [-0.1, -0.05) is 0 Å². The Labute approximate surface area is 127 Å². The minimum atomic E-state index is 0.132. The predicted molar refractivity (Wildman–Crippen MR) is 83.2 cm³/mol. The molecule has 3 heterocycles. The summed E-state index contributed by atoms with van der Waals surface area (Å²) in [5.41, 5.74) is 1.41. The second kappa shape index (κ2) is 5.75. The second-order valence-electron chi connectivity index (χ2n) is 7.55. The number of aryl methyl sites for hydroxylation is 1. The van der Waals surface area contributed by atoms with Crippen molar-refractivity contribution in [3.05, 3.63) is 23.2 Å².